The van der Waals surface area contributed by atoms with E-state index >= 15 is 0 Å². The maximum absolute atomic E-state index is 12.3. The van der Waals surface area contributed by atoms with Crippen molar-refractivity contribution in [2.75, 3.05) is 5.32 Å². The van der Waals surface area contributed by atoms with Crippen molar-refractivity contribution in [1.29, 1.82) is 0 Å². The second-order valence-electron chi connectivity index (χ2n) is 5.16. The minimum atomic E-state index is -0.420. The largest absolute Gasteiger partial charge is 0.331 e. The van der Waals surface area contributed by atoms with Gasteiger partial charge in [-0.2, -0.15) is 9.90 Å². The lowest BCUT2D eigenvalue weighted by Crippen LogP contribution is -2.44. The number of para-hydroxylation sites is 2. The van der Waals surface area contributed by atoms with Gasteiger partial charge in [-0.3, -0.25) is 15.6 Å². The molecule has 0 atom stereocenters. The number of aryl methyl sites for hydroxylation is 1. The predicted octanol–water partition coefficient (Wildman–Crippen LogP) is 2.21. The SMILES string of the molecule is Cc1nn(-c2ccccc2)nc1C(=O)NNC(=S)Nc1ccccc1. The van der Waals surface area contributed by atoms with Crippen LogP contribution in [0.4, 0.5) is 5.69 Å². The fraction of sp³-hybridized carbons (Fsp3) is 0.0588. The molecule has 1 aromatic heterocycles. The van der Waals surface area contributed by atoms with Crippen LogP contribution < -0.4 is 16.2 Å². The Bertz CT molecular complexity index is 879. The number of hydrogen-bond donors (Lipinski definition) is 3. The number of hydrogen-bond acceptors (Lipinski definition) is 4. The van der Waals surface area contributed by atoms with Crippen LogP contribution in [-0.4, -0.2) is 26.0 Å². The Balaban J connectivity index is 1.62. The van der Waals surface area contributed by atoms with Crippen molar-refractivity contribution < 1.29 is 4.79 Å². The molecule has 0 radical (unpaired) electrons. The summed E-state index contributed by atoms with van der Waals surface area (Å²) in [5.41, 5.74) is 7.50. The van der Waals surface area contributed by atoms with E-state index in [0.717, 1.165) is 11.4 Å². The van der Waals surface area contributed by atoms with Crippen LogP contribution in [0.2, 0.25) is 0 Å². The van der Waals surface area contributed by atoms with Crippen molar-refractivity contribution in [1.82, 2.24) is 25.8 Å². The molecule has 0 saturated carbocycles. The Kier molecular flexibility index (Phi) is 5.00. The smallest absolute Gasteiger partial charge is 0.292 e. The Labute approximate surface area is 150 Å². The van der Waals surface area contributed by atoms with Crippen LogP contribution >= 0.6 is 12.2 Å². The highest BCUT2D eigenvalue weighted by atomic mass is 32.1. The zero-order valence-electron chi connectivity index (χ0n) is 13.4. The summed E-state index contributed by atoms with van der Waals surface area (Å²) in [5, 5.41) is 11.7. The molecule has 0 spiro atoms. The average Bonchev–Trinajstić information content (AvgIpc) is 3.03. The Morgan fingerprint density at radius 1 is 0.960 bits per heavy atom. The van der Waals surface area contributed by atoms with Crippen molar-refractivity contribution >= 4 is 28.9 Å². The van der Waals surface area contributed by atoms with Gasteiger partial charge in [0.15, 0.2) is 10.8 Å². The maximum atomic E-state index is 12.3. The number of thiocarbonyl (C=S) groups is 1. The monoisotopic (exact) mass is 352 g/mol. The number of rotatable bonds is 3. The van der Waals surface area contributed by atoms with Gasteiger partial charge in [0, 0.05) is 5.69 Å². The van der Waals surface area contributed by atoms with E-state index in [9.17, 15) is 4.79 Å². The molecule has 0 bridgehead atoms. The summed E-state index contributed by atoms with van der Waals surface area (Å²) in [6.45, 7) is 1.72. The van der Waals surface area contributed by atoms with E-state index in [4.69, 9.17) is 12.2 Å². The predicted molar refractivity (Wildman–Crippen MR) is 99.4 cm³/mol. The number of hydrazine groups is 1. The Hall–Kier alpha value is -3.26. The molecule has 0 unspecified atom stereocenters. The lowest BCUT2D eigenvalue weighted by Gasteiger charge is -2.10. The Morgan fingerprint density at radius 2 is 1.60 bits per heavy atom. The second-order valence-corrected chi connectivity index (χ2v) is 5.57. The molecule has 1 heterocycles. The van der Waals surface area contributed by atoms with E-state index in [-0.39, 0.29) is 10.8 Å². The van der Waals surface area contributed by atoms with Gasteiger partial charge in [0.25, 0.3) is 5.91 Å². The third-order valence-electron chi connectivity index (χ3n) is 3.31. The van der Waals surface area contributed by atoms with Crippen LogP contribution in [0.1, 0.15) is 16.2 Å². The molecule has 0 aliphatic heterocycles. The van der Waals surface area contributed by atoms with E-state index in [1.807, 2.05) is 60.7 Å². The van der Waals surface area contributed by atoms with Crippen LogP contribution in [0.25, 0.3) is 5.69 Å². The quantitative estimate of drug-likeness (QED) is 0.495. The molecule has 2 aromatic carbocycles. The summed E-state index contributed by atoms with van der Waals surface area (Å²) in [6.07, 6.45) is 0. The second kappa shape index (κ2) is 7.54. The minimum absolute atomic E-state index is 0.221. The van der Waals surface area contributed by atoms with Crippen LogP contribution in [-0.2, 0) is 0 Å². The van der Waals surface area contributed by atoms with Gasteiger partial charge in [0.05, 0.1) is 11.4 Å². The summed E-state index contributed by atoms with van der Waals surface area (Å²) in [4.78, 5) is 13.7. The van der Waals surface area contributed by atoms with Crippen molar-refractivity contribution in [2.24, 2.45) is 0 Å². The van der Waals surface area contributed by atoms with E-state index in [2.05, 4.69) is 26.4 Å². The number of anilines is 1. The van der Waals surface area contributed by atoms with Crippen LogP contribution in [0, 0.1) is 6.92 Å². The van der Waals surface area contributed by atoms with Crippen molar-refractivity contribution in [3.63, 3.8) is 0 Å². The zero-order chi connectivity index (χ0) is 17.6. The standard InChI is InChI=1S/C17H16N6OS/c1-12-15(22-23(21-12)14-10-6-3-7-11-14)16(24)19-20-17(25)18-13-8-4-2-5-9-13/h2-11H,1H3,(H,19,24)(H2,18,20,25). The summed E-state index contributed by atoms with van der Waals surface area (Å²) in [6, 6.07) is 18.8. The lowest BCUT2D eigenvalue weighted by atomic mass is 10.3. The molecular weight excluding hydrogens is 336 g/mol. The van der Waals surface area contributed by atoms with Gasteiger partial charge < -0.3 is 5.32 Å². The number of carbonyl (C=O) groups excluding carboxylic acids is 1. The molecule has 0 saturated heterocycles. The number of nitrogens with zero attached hydrogens (tertiary/aromatic N) is 3. The fourth-order valence-corrected chi connectivity index (χ4v) is 2.29. The normalized spacial score (nSPS) is 10.1. The van der Waals surface area contributed by atoms with Gasteiger partial charge in [-0.25, -0.2) is 0 Å². The molecule has 3 N–H and O–H groups in total. The first kappa shape index (κ1) is 16.6. The first-order chi connectivity index (χ1) is 12.1. The summed E-state index contributed by atoms with van der Waals surface area (Å²) >= 11 is 5.14. The molecule has 126 valence electrons. The molecule has 25 heavy (non-hydrogen) atoms. The number of amides is 1. The number of aromatic nitrogens is 3. The highest BCUT2D eigenvalue weighted by Crippen LogP contribution is 2.08. The van der Waals surface area contributed by atoms with Gasteiger partial charge in [-0.1, -0.05) is 36.4 Å². The van der Waals surface area contributed by atoms with Crippen LogP contribution in [0.5, 0.6) is 0 Å². The maximum Gasteiger partial charge on any atom is 0.292 e. The van der Waals surface area contributed by atoms with Gasteiger partial charge in [0.1, 0.15) is 0 Å². The summed E-state index contributed by atoms with van der Waals surface area (Å²) in [5.74, 6) is -0.420. The molecule has 7 nitrogen and oxygen atoms in total. The molecule has 1 amide bonds. The van der Waals surface area contributed by atoms with Crippen molar-refractivity contribution in [3.8, 4) is 5.69 Å². The average molecular weight is 352 g/mol. The summed E-state index contributed by atoms with van der Waals surface area (Å²) in [7, 11) is 0. The van der Waals surface area contributed by atoms with E-state index < -0.39 is 5.91 Å². The molecule has 0 aliphatic carbocycles. The van der Waals surface area contributed by atoms with Crippen LogP contribution in [0.15, 0.2) is 60.7 Å². The first-order valence-corrected chi connectivity index (χ1v) is 7.96. The molecular formula is C17H16N6OS. The summed E-state index contributed by atoms with van der Waals surface area (Å²) < 4.78 is 0. The molecule has 3 rings (SSSR count). The molecule has 3 aromatic rings. The molecule has 0 aliphatic rings. The van der Waals surface area contributed by atoms with Gasteiger partial charge in [-0.05, 0) is 43.4 Å². The highest BCUT2D eigenvalue weighted by molar-refractivity contribution is 7.80. The third kappa shape index (κ3) is 4.18. The van der Waals surface area contributed by atoms with E-state index in [0.29, 0.717) is 5.69 Å². The van der Waals surface area contributed by atoms with E-state index in [1.54, 1.807) is 6.92 Å². The Morgan fingerprint density at radius 3 is 2.28 bits per heavy atom. The number of benzene rings is 2. The number of nitrogens with one attached hydrogen (secondary N) is 3. The van der Waals surface area contributed by atoms with Gasteiger partial charge in [-0.15, -0.1) is 5.10 Å². The molecule has 0 fully saturated rings. The van der Waals surface area contributed by atoms with Gasteiger partial charge >= 0.3 is 0 Å². The number of carbonyl (C=O) groups is 1. The van der Waals surface area contributed by atoms with Crippen molar-refractivity contribution in [2.45, 2.75) is 6.92 Å². The zero-order valence-corrected chi connectivity index (χ0v) is 14.2. The third-order valence-corrected chi connectivity index (χ3v) is 3.51. The minimum Gasteiger partial charge on any atom is -0.331 e. The highest BCUT2D eigenvalue weighted by Gasteiger charge is 2.16. The van der Waals surface area contributed by atoms with Crippen molar-refractivity contribution in [3.05, 3.63) is 72.1 Å². The lowest BCUT2D eigenvalue weighted by molar-refractivity contribution is 0.0938. The topological polar surface area (TPSA) is 83.9 Å². The fourth-order valence-electron chi connectivity index (χ4n) is 2.12. The van der Waals surface area contributed by atoms with Gasteiger partial charge in [0.2, 0.25) is 0 Å². The first-order valence-electron chi connectivity index (χ1n) is 7.55. The van der Waals surface area contributed by atoms with E-state index in [1.165, 1.54) is 4.80 Å². The van der Waals surface area contributed by atoms with Crippen LogP contribution in [0.3, 0.4) is 0 Å². The molecule has 8 heteroatoms.